The lowest BCUT2D eigenvalue weighted by molar-refractivity contribution is 0.0624. The van der Waals surface area contributed by atoms with Crippen LogP contribution < -0.4 is 4.90 Å². The van der Waals surface area contributed by atoms with Crippen LogP contribution >= 0.6 is 0 Å². The Morgan fingerprint density at radius 2 is 1.88 bits per heavy atom. The van der Waals surface area contributed by atoms with Crippen LogP contribution in [0, 0.1) is 12.7 Å². The Balaban J connectivity index is 1.28. The minimum Gasteiger partial charge on any atom is -0.367 e. The molecule has 1 aliphatic heterocycles. The van der Waals surface area contributed by atoms with E-state index in [0.717, 1.165) is 54.6 Å². The Bertz CT molecular complexity index is 1370. The molecule has 6 rings (SSSR count). The first-order valence-corrected chi connectivity index (χ1v) is 11.4. The second kappa shape index (κ2) is 7.20. The number of halogens is 1. The molecule has 2 aromatic carbocycles. The quantitative estimate of drug-likeness (QED) is 0.474. The summed E-state index contributed by atoms with van der Waals surface area (Å²) in [7, 11) is 1.94. The Hall–Kier alpha value is -3.61. The Morgan fingerprint density at radius 3 is 2.58 bits per heavy atom. The van der Waals surface area contributed by atoms with Crippen LogP contribution in [0.25, 0.3) is 16.6 Å². The molecule has 3 heterocycles. The van der Waals surface area contributed by atoms with Crippen molar-refractivity contribution in [3.05, 3.63) is 78.0 Å². The zero-order chi connectivity index (χ0) is 22.7. The first-order valence-electron chi connectivity index (χ1n) is 11.4. The average Bonchev–Trinajstić information content (AvgIpc) is 3.23. The molecular formula is C26H26FN5O. The van der Waals surface area contributed by atoms with Gasteiger partial charge in [0, 0.05) is 50.1 Å². The fraction of sp³-hybridized carbons (Fsp3) is 0.308. The molecule has 0 bridgehead atoms. The van der Waals surface area contributed by atoms with Crippen molar-refractivity contribution in [2.75, 3.05) is 24.5 Å². The lowest BCUT2D eigenvalue weighted by atomic mass is 10.0. The monoisotopic (exact) mass is 443 g/mol. The molecule has 0 unspecified atom stereocenters. The minimum absolute atomic E-state index is 0.0646. The van der Waals surface area contributed by atoms with Gasteiger partial charge in [0.25, 0.3) is 5.91 Å². The molecule has 33 heavy (non-hydrogen) atoms. The molecular weight excluding hydrogens is 417 g/mol. The Labute approximate surface area is 191 Å². The predicted molar refractivity (Wildman–Crippen MR) is 126 cm³/mol. The summed E-state index contributed by atoms with van der Waals surface area (Å²) in [6.07, 6.45) is 7.79. The molecule has 1 saturated carbocycles. The van der Waals surface area contributed by atoms with Crippen molar-refractivity contribution in [3.8, 4) is 5.69 Å². The van der Waals surface area contributed by atoms with E-state index in [2.05, 4.69) is 34.0 Å². The van der Waals surface area contributed by atoms with Gasteiger partial charge in [0.05, 0.1) is 28.5 Å². The van der Waals surface area contributed by atoms with E-state index in [1.54, 1.807) is 12.1 Å². The number of piperazine rings is 1. The highest BCUT2D eigenvalue weighted by molar-refractivity contribution is 5.95. The largest absolute Gasteiger partial charge is 0.367 e. The predicted octanol–water partition coefficient (Wildman–Crippen LogP) is 4.31. The minimum atomic E-state index is -0.257. The fourth-order valence-corrected chi connectivity index (χ4v) is 5.15. The molecule has 4 aromatic rings. The summed E-state index contributed by atoms with van der Waals surface area (Å²) >= 11 is 0. The van der Waals surface area contributed by atoms with Crippen molar-refractivity contribution in [1.82, 2.24) is 19.2 Å². The standard InChI is InChI=1S/C26H26FN5O/c1-18-13-24-20(15-28-32(24)22-5-3-21(27)4-6-22)14-23(18)30-11-12-31(26(17-30)8-9-26)25(33)19-7-10-29(2)16-19/h3-7,10,13-16H,8-9,11-12,17H2,1-2H3. The lowest BCUT2D eigenvalue weighted by Crippen LogP contribution is -2.57. The topological polar surface area (TPSA) is 46.3 Å². The van der Waals surface area contributed by atoms with Crippen LogP contribution in [0.4, 0.5) is 10.1 Å². The third-order valence-electron chi connectivity index (χ3n) is 7.10. The SMILES string of the molecule is Cc1cc2c(cnn2-c2ccc(F)cc2)cc1N1CCN(C(=O)c2ccn(C)c2)C2(CC2)C1. The number of carbonyl (C=O) groups is 1. The van der Waals surface area contributed by atoms with Gasteiger partial charge in [-0.3, -0.25) is 4.79 Å². The van der Waals surface area contributed by atoms with E-state index in [0.29, 0.717) is 0 Å². The molecule has 1 spiro atoms. The summed E-state index contributed by atoms with van der Waals surface area (Å²) in [6, 6.07) is 12.6. The average molecular weight is 444 g/mol. The normalized spacial score (nSPS) is 17.2. The highest BCUT2D eigenvalue weighted by Gasteiger charge is 2.53. The number of anilines is 1. The molecule has 168 valence electrons. The molecule has 2 fully saturated rings. The molecule has 1 aliphatic carbocycles. The molecule has 6 nitrogen and oxygen atoms in total. The van der Waals surface area contributed by atoms with Gasteiger partial charge in [-0.25, -0.2) is 9.07 Å². The van der Waals surface area contributed by atoms with Crippen molar-refractivity contribution in [3.63, 3.8) is 0 Å². The van der Waals surface area contributed by atoms with E-state index in [-0.39, 0.29) is 17.3 Å². The molecule has 2 aliphatic rings. The zero-order valence-corrected chi connectivity index (χ0v) is 18.8. The Morgan fingerprint density at radius 1 is 1.09 bits per heavy atom. The summed E-state index contributed by atoms with van der Waals surface area (Å²) in [5.41, 5.74) is 4.91. The van der Waals surface area contributed by atoms with Gasteiger partial charge in [-0.05, 0) is 67.8 Å². The first kappa shape index (κ1) is 20.0. The fourth-order valence-electron chi connectivity index (χ4n) is 5.15. The maximum atomic E-state index is 13.3. The van der Waals surface area contributed by atoms with Crippen molar-refractivity contribution in [2.24, 2.45) is 7.05 Å². The van der Waals surface area contributed by atoms with Crippen LogP contribution in [0.3, 0.4) is 0 Å². The zero-order valence-electron chi connectivity index (χ0n) is 18.8. The number of aryl methyl sites for hydroxylation is 2. The summed E-state index contributed by atoms with van der Waals surface area (Å²) in [5.74, 6) is -0.118. The van der Waals surface area contributed by atoms with Gasteiger partial charge in [0.15, 0.2) is 0 Å². The smallest absolute Gasteiger partial charge is 0.255 e. The second-order valence-electron chi connectivity index (χ2n) is 9.40. The highest BCUT2D eigenvalue weighted by atomic mass is 19.1. The molecule has 2 aromatic heterocycles. The van der Waals surface area contributed by atoms with Crippen LogP contribution in [0.15, 0.2) is 61.1 Å². The van der Waals surface area contributed by atoms with Crippen molar-refractivity contribution < 1.29 is 9.18 Å². The number of nitrogens with zero attached hydrogens (tertiary/aromatic N) is 5. The molecule has 1 saturated heterocycles. The number of amides is 1. The van der Waals surface area contributed by atoms with Crippen molar-refractivity contribution >= 4 is 22.5 Å². The third kappa shape index (κ3) is 3.30. The second-order valence-corrected chi connectivity index (χ2v) is 9.40. The molecule has 7 heteroatoms. The van der Waals surface area contributed by atoms with Crippen molar-refractivity contribution in [2.45, 2.75) is 25.3 Å². The van der Waals surface area contributed by atoms with E-state index in [4.69, 9.17) is 0 Å². The number of hydrogen-bond acceptors (Lipinski definition) is 3. The molecule has 0 radical (unpaired) electrons. The van der Waals surface area contributed by atoms with Gasteiger partial charge >= 0.3 is 0 Å². The van der Waals surface area contributed by atoms with Gasteiger partial charge in [0.1, 0.15) is 5.82 Å². The molecule has 0 atom stereocenters. The number of carbonyl (C=O) groups excluding carboxylic acids is 1. The van der Waals surface area contributed by atoms with Crippen LogP contribution in [-0.4, -0.2) is 50.3 Å². The van der Waals surface area contributed by atoms with E-state index in [1.807, 2.05) is 41.0 Å². The number of rotatable bonds is 3. The van der Waals surface area contributed by atoms with E-state index >= 15 is 0 Å². The molecule has 1 amide bonds. The van der Waals surface area contributed by atoms with E-state index in [9.17, 15) is 9.18 Å². The van der Waals surface area contributed by atoms with Gasteiger partial charge in [-0.2, -0.15) is 5.10 Å². The maximum Gasteiger partial charge on any atom is 0.255 e. The summed E-state index contributed by atoms with van der Waals surface area (Å²) < 4.78 is 17.1. The van der Waals surface area contributed by atoms with Gasteiger partial charge in [0.2, 0.25) is 0 Å². The van der Waals surface area contributed by atoms with Crippen molar-refractivity contribution in [1.29, 1.82) is 0 Å². The maximum absolute atomic E-state index is 13.3. The first-order chi connectivity index (χ1) is 15.9. The van der Waals surface area contributed by atoms with Gasteiger partial charge in [-0.1, -0.05) is 0 Å². The Kier molecular flexibility index (Phi) is 4.37. The third-order valence-corrected chi connectivity index (χ3v) is 7.10. The summed E-state index contributed by atoms with van der Waals surface area (Å²) in [5, 5.41) is 5.60. The van der Waals surface area contributed by atoms with Gasteiger partial charge in [-0.15, -0.1) is 0 Å². The van der Waals surface area contributed by atoms with Gasteiger partial charge < -0.3 is 14.4 Å². The van der Waals surface area contributed by atoms with Crippen LogP contribution in [0.5, 0.6) is 0 Å². The van der Waals surface area contributed by atoms with E-state index < -0.39 is 0 Å². The van der Waals surface area contributed by atoms with Crippen LogP contribution in [-0.2, 0) is 7.05 Å². The molecule has 0 N–H and O–H groups in total. The number of benzene rings is 2. The number of hydrogen-bond donors (Lipinski definition) is 0. The summed E-state index contributed by atoms with van der Waals surface area (Å²) in [4.78, 5) is 17.7. The highest BCUT2D eigenvalue weighted by Crippen LogP contribution is 2.46. The lowest BCUT2D eigenvalue weighted by Gasteiger charge is -2.43. The summed E-state index contributed by atoms with van der Waals surface area (Å²) in [6.45, 7) is 4.50. The number of aromatic nitrogens is 3. The number of fused-ring (bicyclic) bond motifs is 1. The van der Waals surface area contributed by atoms with Crippen LogP contribution in [0.1, 0.15) is 28.8 Å². The van der Waals surface area contributed by atoms with E-state index in [1.165, 1.54) is 23.4 Å². The van der Waals surface area contributed by atoms with Crippen LogP contribution in [0.2, 0.25) is 0 Å².